The van der Waals surface area contributed by atoms with Gasteiger partial charge >= 0.3 is 5.89 Å². The number of hydrogen-bond acceptors (Lipinski definition) is 5. The third-order valence-corrected chi connectivity index (χ3v) is 1.69. The van der Waals surface area contributed by atoms with Gasteiger partial charge in [-0.3, -0.25) is 0 Å². The van der Waals surface area contributed by atoms with E-state index in [4.69, 9.17) is 10.3 Å². The van der Waals surface area contributed by atoms with Crippen molar-refractivity contribution in [3.63, 3.8) is 0 Å². The van der Waals surface area contributed by atoms with E-state index in [1.54, 1.807) is 18.2 Å². The highest BCUT2D eigenvalue weighted by Crippen LogP contribution is 2.11. The average Bonchev–Trinajstić information content (AvgIpc) is 2.67. The van der Waals surface area contributed by atoms with Gasteiger partial charge in [-0.15, -0.1) is 12.4 Å². The summed E-state index contributed by atoms with van der Waals surface area (Å²) in [6.45, 7) is 0.190. The summed E-state index contributed by atoms with van der Waals surface area (Å²) in [6.07, 6.45) is 1.36. The Morgan fingerprint density at radius 2 is 2.27 bits per heavy atom. The molecule has 2 rings (SSSR count). The normalized spacial score (nSPS) is 9.67. The predicted molar refractivity (Wildman–Crippen MR) is 53.8 cm³/mol. The number of nitrogens with zero attached hydrogens (tertiary/aromatic N) is 3. The molecule has 0 aliphatic heterocycles. The first-order valence-electron chi connectivity index (χ1n) is 4.02. The molecule has 2 aromatic rings. The first-order valence-corrected chi connectivity index (χ1v) is 4.02. The van der Waals surface area contributed by atoms with Crippen molar-refractivity contribution in [1.29, 1.82) is 0 Å². The Bertz CT molecular complexity index is 446. The molecule has 80 valence electrons. The molecule has 2 aromatic heterocycles. The smallest absolute Gasteiger partial charge is 0.324 e. The number of hydrogen-bond donors (Lipinski definition) is 1. The summed E-state index contributed by atoms with van der Waals surface area (Å²) in [6, 6.07) is 4.94. The van der Waals surface area contributed by atoms with Crippen LogP contribution in [0.3, 0.4) is 0 Å². The van der Waals surface area contributed by atoms with Crippen molar-refractivity contribution in [1.82, 2.24) is 10.1 Å². The second kappa shape index (κ2) is 4.72. The molecule has 0 unspecified atom stereocenters. The van der Waals surface area contributed by atoms with Crippen molar-refractivity contribution in [3.8, 4) is 11.6 Å². The molecule has 0 fully saturated rings. The molecular weight excluding hydrogens is 220 g/mol. The molecule has 0 bridgehead atoms. The number of halogens is 1. The van der Waals surface area contributed by atoms with E-state index >= 15 is 0 Å². The van der Waals surface area contributed by atoms with E-state index in [1.165, 1.54) is 6.20 Å². The van der Waals surface area contributed by atoms with Crippen molar-refractivity contribution < 1.29 is 9.25 Å². The second-order valence-corrected chi connectivity index (χ2v) is 2.63. The summed E-state index contributed by atoms with van der Waals surface area (Å²) in [7, 11) is 0. The minimum absolute atomic E-state index is 0. The molecule has 0 amide bonds. The monoisotopic (exact) mass is 228 g/mol. The van der Waals surface area contributed by atoms with Crippen LogP contribution in [0.4, 0.5) is 0 Å². The predicted octanol–water partition coefficient (Wildman–Crippen LogP) is 0.251. The quantitative estimate of drug-likeness (QED) is 0.588. The lowest BCUT2D eigenvalue weighted by Gasteiger charge is -1.97. The van der Waals surface area contributed by atoms with Crippen LogP contribution in [0.5, 0.6) is 0 Å². The Hall–Kier alpha value is -1.66. The summed E-state index contributed by atoms with van der Waals surface area (Å²) < 4.78 is 5.52. The maximum atomic E-state index is 11.3. The van der Waals surface area contributed by atoms with E-state index in [0.29, 0.717) is 16.2 Å². The van der Waals surface area contributed by atoms with Crippen LogP contribution < -0.4 is 10.5 Å². The zero-order valence-electron chi connectivity index (χ0n) is 7.66. The highest BCUT2D eigenvalue weighted by atomic mass is 35.5. The Kier molecular flexibility index (Phi) is 3.59. The number of nitrogens with two attached hydrogens (primary N) is 1. The summed E-state index contributed by atoms with van der Waals surface area (Å²) in [5.41, 5.74) is 5.63. The van der Waals surface area contributed by atoms with Crippen molar-refractivity contribution in [2.75, 3.05) is 0 Å². The van der Waals surface area contributed by atoms with Gasteiger partial charge in [0.05, 0.1) is 6.54 Å². The van der Waals surface area contributed by atoms with Gasteiger partial charge in [0.1, 0.15) is 0 Å². The van der Waals surface area contributed by atoms with Crippen molar-refractivity contribution in [2.24, 2.45) is 5.73 Å². The van der Waals surface area contributed by atoms with E-state index in [9.17, 15) is 5.21 Å². The SMILES string of the molecule is Cl.NCc1noc(-c2cccc[n+]2[O-])n1. The fourth-order valence-electron chi connectivity index (χ4n) is 1.03. The fourth-order valence-corrected chi connectivity index (χ4v) is 1.03. The molecule has 6 nitrogen and oxygen atoms in total. The Morgan fingerprint density at radius 1 is 1.47 bits per heavy atom. The van der Waals surface area contributed by atoms with Gasteiger partial charge in [-0.2, -0.15) is 9.71 Å². The van der Waals surface area contributed by atoms with Crippen LogP contribution in [0.25, 0.3) is 11.6 Å². The van der Waals surface area contributed by atoms with Crippen molar-refractivity contribution in [3.05, 3.63) is 35.4 Å². The van der Waals surface area contributed by atoms with Crippen LogP contribution in [-0.4, -0.2) is 10.1 Å². The van der Waals surface area contributed by atoms with Crippen LogP contribution in [0.15, 0.2) is 28.9 Å². The highest BCUT2D eigenvalue weighted by molar-refractivity contribution is 5.85. The maximum Gasteiger partial charge on any atom is 0.324 e. The fraction of sp³-hybridized carbons (Fsp3) is 0.125. The largest absolute Gasteiger partial charge is 0.618 e. The number of rotatable bonds is 2. The average molecular weight is 229 g/mol. The summed E-state index contributed by atoms with van der Waals surface area (Å²) >= 11 is 0. The maximum absolute atomic E-state index is 11.3. The van der Waals surface area contributed by atoms with Crippen molar-refractivity contribution >= 4 is 12.4 Å². The minimum atomic E-state index is 0. The van der Waals surface area contributed by atoms with E-state index < -0.39 is 0 Å². The Labute approximate surface area is 91.7 Å². The standard InChI is InChI=1S/C8H8N4O2.ClH/c9-5-7-10-8(14-11-7)6-3-1-2-4-12(6)13;/h1-4H,5,9H2;1H. The van der Waals surface area contributed by atoms with Gasteiger partial charge in [0, 0.05) is 12.1 Å². The van der Waals surface area contributed by atoms with Crippen LogP contribution in [0.2, 0.25) is 0 Å². The van der Waals surface area contributed by atoms with Gasteiger partial charge in [0.15, 0.2) is 12.0 Å². The third-order valence-electron chi connectivity index (χ3n) is 1.69. The molecule has 15 heavy (non-hydrogen) atoms. The van der Waals surface area contributed by atoms with Gasteiger partial charge in [-0.25, -0.2) is 0 Å². The first kappa shape index (κ1) is 11.4. The molecule has 0 aromatic carbocycles. The lowest BCUT2D eigenvalue weighted by Crippen LogP contribution is -2.27. The van der Waals surface area contributed by atoms with Crippen molar-refractivity contribution in [2.45, 2.75) is 6.54 Å². The number of pyridine rings is 1. The lowest BCUT2D eigenvalue weighted by molar-refractivity contribution is -0.594. The molecule has 7 heteroatoms. The molecule has 0 spiro atoms. The zero-order chi connectivity index (χ0) is 9.97. The summed E-state index contributed by atoms with van der Waals surface area (Å²) in [4.78, 5) is 3.94. The minimum Gasteiger partial charge on any atom is -0.618 e. The Morgan fingerprint density at radius 3 is 2.87 bits per heavy atom. The molecule has 0 aliphatic rings. The molecule has 0 aliphatic carbocycles. The molecular formula is C8H9ClN4O2. The van der Waals surface area contributed by atoms with E-state index in [-0.39, 0.29) is 24.8 Å². The summed E-state index contributed by atoms with van der Waals surface area (Å²) in [5.74, 6) is 0.560. The van der Waals surface area contributed by atoms with Gasteiger partial charge in [-0.05, 0) is 6.07 Å². The van der Waals surface area contributed by atoms with Gasteiger partial charge < -0.3 is 15.5 Å². The Balaban J connectivity index is 0.00000112. The lowest BCUT2D eigenvalue weighted by atomic mass is 10.3. The summed E-state index contributed by atoms with van der Waals surface area (Å²) in [5, 5.41) is 14.9. The molecule has 2 heterocycles. The number of aromatic nitrogens is 3. The zero-order valence-corrected chi connectivity index (χ0v) is 8.48. The first-order chi connectivity index (χ1) is 6.81. The van der Waals surface area contributed by atoms with Gasteiger partial charge in [0.25, 0.3) is 5.69 Å². The molecule has 0 radical (unpaired) electrons. The van der Waals surface area contributed by atoms with Gasteiger partial charge in [-0.1, -0.05) is 5.16 Å². The molecule has 0 saturated carbocycles. The van der Waals surface area contributed by atoms with E-state index in [0.717, 1.165) is 0 Å². The molecule has 2 N–H and O–H groups in total. The van der Waals surface area contributed by atoms with Crippen LogP contribution in [-0.2, 0) is 6.54 Å². The van der Waals surface area contributed by atoms with E-state index in [1.807, 2.05) is 0 Å². The van der Waals surface area contributed by atoms with Crippen LogP contribution >= 0.6 is 12.4 Å². The van der Waals surface area contributed by atoms with Crippen LogP contribution in [0, 0.1) is 5.21 Å². The van der Waals surface area contributed by atoms with Gasteiger partial charge in [0.2, 0.25) is 0 Å². The topological polar surface area (TPSA) is 91.9 Å². The highest BCUT2D eigenvalue weighted by Gasteiger charge is 2.15. The molecule has 0 saturated heterocycles. The van der Waals surface area contributed by atoms with Crippen LogP contribution in [0.1, 0.15) is 5.82 Å². The molecule has 0 atom stereocenters. The second-order valence-electron chi connectivity index (χ2n) is 2.63. The van der Waals surface area contributed by atoms with E-state index in [2.05, 4.69) is 10.1 Å². The third kappa shape index (κ3) is 2.23.